The van der Waals surface area contributed by atoms with Crippen molar-refractivity contribution >= 4 is 61.2 Å². The van der Waals surface area contributed by atoms with E-state index in [2.05, 4.69) is 55.8 Å². The first-order valence-corrected chi connectivity index (χ1v) is 23.8. The predicted octanol–water partition coefficient (Wildman–Crippen LogP) is 8.19. The number of H-pyrrole nitrogens is 1. The molecule has 3 aromatic carbocycles. The standard InChI is InChI=1S/C47H52ClN7O9S/c1-47(2)13-9-32(40(25-47)30-3-5-33(48)6-4-30)27-53-15-17-54(18-16-53)35-7-8-39(42(22-35)64-37-21-31-10-14-49-45(31)50-26-37)46(56)52-65(59,60)38-23-41(55(57)58)44-43(24-38)63-29-34(51-44)28-62-36-11-19-61-20-12-36/h3-8,10,14,21-24,26,34,36,51H,9,11-13,15-20,25,27-29H2,1-2H3,(H,49,50)(H,52,56)/t34-/m0/s1. The number of piperazine rings is 1. The number of aromatic nitrogens is 2. The van der Waals surface area contributed by atoms with Crippen LogP contribution in [0.1, 0.15) is 61.9 Å². The lowest BCUT2D eigenvalue weighted by Crippen LogP contribution is -2.47. The molecule has 0 spiro atoms. The van der Waals surface area contributed by atoms with Crippen molar-refractivity contribution in [1.29, 1.82) is 0 Å². The molecule has 3 aliphatic heterocycles. The van der Waals surface area contributed by atoms with Gasteiger partial charge < -0.3 is 34.1 Å². The quantitative estimate of drug-likeness (QED) is 0.0758. The molecule has 2 aromatic heterocycles. The topological polar surface area (TPSA) is 190 Å². The van der Waals surface area contributed by atoms with E-state index >= 15 is 0 Å². The van der Waals surface area contributed by atoms with Crippen molar-refractivity contribution in [1.82, 2.24) is 19.6 Å². The maximum absolute atomic E-state index is 14.1. The van der Waals surface area contributed by atoms with Gasteiger partial charge in [-0.1, -0.05) is 43.2 Å². The molecular formula is C47H52ClN7O9S. The van der Waals surface area contributed by atoms with Crippen molar-refractivity contribution in [2.75, 3.05) is 69.4 Å². The highest BCUT2D eigenvalue weighted by Crippen LogP contribution is 2.44. The molecule has 5 aromatic rings. The van der Waals surface area contributed by atoms with Crippen LogP contribution in [0.15, 0.2) is 89.6 Å². The van der Waals surface area contributed by atoms with Crippen LogP contribution in [0.3, 0.4) is 0 Å². The normalized spacial score (nSPS) is 19.3. The van der Waals surface area contributed by atoms with E-state index in [9.17, 15) is 23.3 Å². The third-order valence-corrected chi connectivity index (χ3v) is 14.2. The molecule has 18 heteroatoms. The molecule has 2 saturated heterocycles. The second-order valence-electron chi connectivity index (χ2n) is 17.9. The van der Waals surface area contributed by atoms with E-state index in [0.29, 0.717) is 37.7 Å². The number of halogens is 1. The van der Waals surface area contributed by atoms with Gasteiger partial charge in [0.1, 0.15) is 23.8 Å². The van der Waals surface area contributed by atoms with Crippen LogP contribution in [0, 0.1) is 15.5 Å². The number of nitrogens with one attached hydrogen (secondary N) is 3. The fourth-order valence-corrected chi connectivity index (χ4v) is 10.1. The van der Waals surface area contributed by atoms with Gasteiger partial charge >= 0.3 is 0 Å². The highest BCUT2D eigenvalue weighted by molar-refractivity contribution is 7.90. The Morgan fingerprint density at radius 3 is 2.60 bits per heavy atom. The number of anilines is 2. The average Bonchev–Trinajstić information content (AvgIpc) is 3.77. The SMILES string of the molecule is CC1(C)CCC(CN2CCN(c3ccc(C(=O)NS(=O)(=O)c4cc5c(c([N+](=O)[O-])c4)N[C@@H](COC4CCOCC4)CO5)c(Oc4cnc5[nH]ccc5c4)c3)CC2)=C(c2ccc(Cl)cc2)C1. The Hall–Kier alpha value is -5.72. The number of hydrogen-bond acceptors (Lipinski definition) is 13. The predicted molar refractivity (Wildman–Crippen MR) is 248 cm³/mol. The van der Waals surface area contributed by atoms with Crippen molar-refractivity contribution in [3.8, 4) is 17.2 Å². The van der Waals surface area contributed by atoms with Gasteiger partial charge in [-0.25, -0.2) is 18.1 Å². The second-order valence-corrected chi connectivity index (χ2v) is 20.0. The maximum Gasteiger partial charge on any atom is 0.297 e. The van der Waals surface area contributed by atoms with Gasteiger partial charge in [0.2, 0.25) is 0 Å². The summed E-state index contributed by atoms with van der Waals surface area (Å²) in [5.74, 6) is -0.577. The van der Waals surface area contributed by atoms with Gasteiger partial charge in [-0.3, -0.25) is 19.8 Å². The summed E-state index contributed by atoms with van der Waals surface area (Å²) in [7, 11) is -4.67. The number of nitrogens with zero attached hydrogens (tertiary/aromatic N) is 4. The lowest BCUT2D eigenvalue weighted by molar-refractivity contribution is -0.384. The number of hydrogen-bond donors (Lipinski definition) is 3. The number of amides is 1. The number of carbonyl (C=O) groups excluding carboxylic acids is 1. The Morgan fingerprint density at radius 2 is 1.83 bits per heavy atom. The smallest absolute Gasteiger partial charge is 0.297 e. The number of nitro benzene ring substituents is 1. The minimum Gasteiger partial charge on any atom is -0.489 e. The lowest BCUT2D eigenvalue weighted by Gasteiger charge is -2.39. The third kappa shape index (κ3) is 10.2. The van der Waals surface area contributed by atoms with E-state index in [-0.39, 0.29) is 47.5 Å². The molecule has 16 nitrogen and oxygen atoms in total. The molecule has 342 valence electrons. The number of sulfonamides is 1. The molecule has 1 amide bonds. The van der Waals surface area contributed by atoms with Gasteiger partial charge in [0.15, 0.2) is 11.4 Å². The number of carbonyl (C=O) groups is 1. The monoisotopic (exact) mass is 925 g/mol. The van der Waals surface area contributed by atoms with Crippen LogP contribution in [0.5, 0.6) is 17.2 Å². The lowest BCUT2D eigenvalue weighted by atomic mass is 9.72. The van der Waals surface area contributed by atoms with Crippen LogP contribution in [-0.4, -0.2) is 105 Å². The van der Waals surface area contributed by atoms with E-state index < -0.39 is 37.5 Å². The Labute approximate surface area is 382 Å². The van der Waals surface area contributed by atoms with Gasteiger partial charge in [-0.05, 0) is 85.1 Å². The van der Waals surface area contributed by atoms with Crippen LogP contribution in [-0.2, 0) is 19.5 Å². The summed E-state index contributed by atoms with van der Waals surface area (Å²) in [6.45, 7) is 10.1. The molecule has 4 aliphatic rings. The number of nitro groups is 1. The molecule has 0 bridgehead atoms. The minimum absolute atomic E-state index is 0.00830. The van der Waals surface area contributed by atoms with Crippen molar-refractivity contribution in [2.45, 2.75) is 63.0 Å². The summed E-state index contributed by atoms with van der Waals surface area (Å²) < 4.78 is 53.5. The highest BCUT2D eigenvalue weighted by Gasteiger charge is 2.34. The average molecular weight is 926 g/mol. The van der Waals surface area contributed by atoms with Crippen LogP contribution in [0.2, 0.25) is 5.02 Å². The van der Waals surface area contributed by atoms with Crippen molar-refractivity contribution < 1.29 is 37.1 Å². The van der Waals surface area contributed by atoms with Gasteiger partial charge in [-0.2, -0.15) is 0 Å². The van der Waals surface area contributed by atoms with Crippen LogP contribution < -0.4 is 24.4 Å². The Morgan fingerprint density at radius 1 is 1.05 bits per heavy atom. The summed E-state index contributed by atoms with van der Waals surface area (Å²) in [5.41, 5.74) is 5.20. The summed E-state index contributed by atoms with van der Waals surface area (Å²) >= 11 is 6.25. The maximum atomic E-state index is 14.1. The first kappa shape index (κ1) is 44.5. The Balaban J connectivity index is 0.928. The number of allylic oxidation sites excluding steroid dienone is 1. The number of ether oxygens (including phenoxy) is 4. The third-order valence-electron chi connectivity index (χ3n) is 12.6. The number of aromatic amines is 1. The van der Waals surface area contributed by atoms with Crippen molar-refractivity contribution in [2.24, 2.45) is 5.41 Å². The Bertz CT molecular complexity index is 2730. The molecule has 0 radical (unpaired) electrons. The summed E-state index contributed by atoms with van der Waals surface area (Å²) in [6.07, 6.45) is 7.95. The molecule has 1 atom stereocenters. The van der Waals surface area contributed by atoms with Crippen LogP contribution in [0.25, 0.3) is 16.6 Å². The molecule has 0 saturated carbocycles. The summed E-state index contributed by atoms with van der Waals surface area (Å²) in [5, 5.41) is 16.9. The Kier molecular flexibility index (Phi) is 12.8. The highest BCUT2D eigenvalue weighted by atomic mass is 35.5. The molecular weight excluding hydrogens is 874 g/mol. The zero-order chi connectivity index (χ0) is 45.3. The molecule has 1 aliphatic carbocycles. The van der Waals surface area contributed by atoms with Gasteiger partial charge in [0.25, 0.3) is 21.6 Å². The zero-order valence-electron chi connectivity index (χ0n) is 36.3. The van der Waals surface area contributed by atoms with E-state index in [1.807, 2.05) is 18.2 Å². The largest absolute Gasteiger partial charge is 0.489 e. The van der Waals surface area contributed by atoms with Gasteiger partial charge in [0, 0.05) is 86.4 Å². The zero-order valence-corrected chi connectivity index (χ0v) is 37.9. The van der Waals surface area contributed by atoms with Crippen LogP contribution >= 0.6 is 11.6 Å². The molecule has 3 N–H and O–H groups in total. The number of fused-ring (bicyclic) bond motifs is 2. The molecule has 5 heterocycles. The van der Waals surface area contributed by atoms with Crippen LogP contribution in [0.4, 0.5) is 17.1 Å². The molecule has 65 heavy (non-hydrogen) atoms. The van der Waals surface area contributed by atoms with Gasteiger partial charge in [-0.15, -0.1) is 0 Å². The minimum atomic E-state index is -4.67. The first-order valence-electron chi connectivity index (χ1n) is 21.9. The van der Waals surface area contributed by atoms with E-state index in [0.717, 1.165) is 73.9 Å². The fourth-order valence-electron chi connectivity index (χ4n) is 8.97. The first-order chi connectivity index (χ1) is 31.3. The number of pyridine rings is 1. The van der Waals surface area contributed by atoms with Crippen molar-refractivity contribution in [3.05, 3.63) is 111 Å². The van der Waals surface area contributed by atoms with E-state index in [1.165, 1.54) is 35.0 Å². The fraction of sp³-hybridized carbons (Fsp3) is 0.404. The molecule has 0 unspecified atom stereocenters. The van der Waals surface area contributed by atoms with Crippen molar-refractivity contribution in [3.63, 3.8) is 0 Å². The summed E-state index contributed by atoms with van der Waals surface area (Å²) in [4.78, 5) is 37.3. The summed E-state index contributed by atoms with van der Waals surface area (Å²) in [6, 6.07) is 18.5. The van der Waals surface area contributed by atoms with Gasteiger partial charge in [0.05, 0.1) is 40.3 Å². The number of benzene rings is 3. The number of rotatable bonds is 13. The van der Waals surface area contributed by atoms with E-state index in [1.54, 1.807) is 24.4 Å². The second kappa shape index (κ2) is 18.6. The molecule has 2 fully saturated rings. The molecule has 9 rings (SSSR count). The van der Waals surface area contributed by atoms with E-state index in [4.69, 9.17) is 30.5 Å².